The summed E-state index contributed by atoms with van der Waals surface area (Å²) < 4.78 is 0. The number of carbonyl (C=O) groups excluding carboxylic acids is 1. The average Bonchev–Trinajstić information content (AvgIpc) is 2.79. The van der Waals surface area contributed by atoms with Crippen LogP contribution in [-0.4, -0.2) is 70.8 Å². The Kier molecular flexibility index (Phi) is 9.99. The van der Waals surface area contributed by atoms with Gasteiger partial charge in [-0.25, -0.2) is 9.80 Å². The van der Waals surface area contributed by atoms with E-state index in [4.69, 9.17) is 5.73 Å². The molecule has 2 rings (SSSR count). The van der Waals surface area contributed by atoms with Crippen molar-refractivity contribution < 1.29 is 19.8 Å². The lowest BCUT2D eigenvalue weighted by atomic mass is 9.84. The number of carboxylic acid groups (broad SMARTS) is 1. The Morgan fingerprint density at radius 2 is 1.64 bits per heavy atom. The van der Waals surface area contributed by atoms with Gasteiger partial charge in [0.1, 0.15) is 6.29 Å². The summed E-state index contributed by atoms with van der Waals surface area (Å²) in [7, 11) is 1.39. The normalized spacial score (nSPS) is 14.5. The maximum absolute atomic E-state index is 11.7. The van der Waals surface area contributed by atoms with E-state index < -0.39 is 29.7 Å². The lowest BCUT2D eigenvalue weighted by Gasteiger charge is -2.38. The number of nitrogens with one attached hydrogen (secondary N) is 1. The van der Waals surface area contributed by atoms with Crippen LogP contribution in [0.5, 0.6) is 0 Å². The molecule has 5 N–H and O–H groups in total. The van der Waals surface area contributed by atoms with Crippen LogP contribution < -0.4 is 11.2 Å². The topological polar surface area (TPSA) is 119 Å². The second-order valence-electron chi connectivity index (χ2n) is 9.08. The first-order chi connectivity index (χ1) is 15.6. The molecule has 0 bridgehead atoms. The Hall–Kier alpha value is -2.78. The minimum absolute atomic E-state index is 0.263. The summed E-state index contributed by atoms with van der Waals surface area (Å²) >= 11 is 0. The van der Waals surface area contributed by atoms with Gasteiger partial charge in [-0.3, -0.25) is 5.43 Å². The molecule has 1 amide bonds. The van der Waals surface area contributed by atoms with Gasteiger partial charge in [-0.05, 0) is 17.5 Å². The van der Waals surface area contributed by atoms with Crippen molar-refractivity contribution in [1.82, 2.24) is 15.3 Å². The SMILES string of the molecule is CN(C(=O)O)[C@H](C=O)C(C)(C)CNN(Cc1ccccc1)C[C@H](O)[C@@H](N)Cc1ccccc1. The number of amides is 1. The molecule has 0 unspecified atom stereocenters. The summed E-state index contributed by atoms with van der Waals surface area (Å²) in [5.41, 5.74) is 11.0. The molecule has 0 saturated carbocycles. The van der Waals surface area contributed by atoms with Gasteiger partial charge >= 0.3 is 6.09 Å². The van der Waals surface area contributed by atoms with Gasteiger partial charge in [0.05, 0.1) is 12.1 Å². The van der Waals surface area contributed by atoms with Crippen molar-refractivity contribution >= 4 is 12.4 Å². The molecule has 8 nitrogen and oxygen atoms in total. The van der Waals surface area contributed by atoms with E-state index in [2.05, 4.69) is 5.43 Å². The molecule has 33 heavy (non-hydrogen) atoms. The fourth-order valence-electron chi connectivity index (χ4n) is 3.71. The molecule has 0 radical (unpaired) electrons. The molecular formula is C25H36N4O4. The molecule has 0 aliphatic heterocycles. The van der Waals surface area contributed by atoms with E-state index >= 15 is 0 Å². The Morgan fingerprint density at radius 1 is 1.09 bits per heavy atom. The van der Waals surface area contributed by atoms with E-state index in [0.717, 1.165) is 16.0 Å². The molecule has 2 aromatic carbocycles. The van der Waals surface area contributed by atoms with Crippen molar-refractivity contribution in [1.29, 1.82) is 0 Å². The summed E-state index contributed by atoms with van der Waals surface area (Å²) in [5, 5.41) is 22.0. The van der Waals surface area contributed by atoms with Gasteiger partial charge in [-0.1, -0.05) is 74.5 Å². The highest BCUT2D eigenvalue weighted by Gasteiger charge is 2.35. The van der Waals surface area contributed by atoms with E-state index in [1.165, 1.54) is 7.05 Å². The Bertz CT molecular complexity index is 863. The van der Waals surface area contributed by atoms with Crippen molar-refractivity contribution in [3.8, 4) is 0 Å². The number of nitrogens with zero attached hydrogens (tertiary/aromatic N) is 2. The van der Waals surface area contributed by atoms with E-state index in [0.29, 0.717) is 25.8 Å². The lowest BCUT2D eigenvalue weighted by molar-refractivity contribution is -0.115. The largest absolute Gasteiger partial charge is 0.465 e. The number of aldehydes is 1. The monoisotopic (exact) mass is 456 g/mol. The number of rotatable bonds is 13. The van der Waals surface area contributed by atoms with E-state index in [-0.39, 0.29) is 6.54 Å². The van der Waals surface area contributed by atoms with E-state index in [9.17, 15) is 19.8 Å². The summed E-state index contributed by atoms with van der Waals surface area (Å²) in [6.07, 6.45) is -0.762. The third kappa shape index (κ3) is 8.25. The lowest BCUT2D eigenvalue weighted by Crippen LogP contribution is -2.55. The number of nitrogens with two attached hydrogens (primary N) is 1. The van der Waals surface area contributed by atoms with Crippen LogP contribution in [0, 0.1) is 5.41 Å². The van der Waals surface area contributed by atoms with Gasteiger partial charge < -0.3 is 25.6 Å². The molecule has 3 atom stereocenters. The highest BCUT2D eigenvalue weighted by Crippen LogP contribution is 2.23. The van der Waals surface area contributed by atoms with Gasteiger partial charge in [0.15, 0.2) is 0 Å². The van der Waals surface area contributed by atoms with Crippen LogP contribution in [0.1, 0.15) is 25.0 Å². The van der Waals surface area contributed by atoms with Crippen LogP contribution in [0.2, 0.25) is 0 Å². The smallest absolute Gasteiger partial charge is 0.407 e. The molecule has 0 spiro atoms. The molecule has 2 aromatic rings. The van der Waals surface area contributed by atoms with Crippen LogP contribution in [0.15, 0.2) is 60.7 Å². The number of hydrazine groups is 1. The van der Waals surface area contributed by atoms with E-state index in [1.807, 2.05) is 79.5 Å². The molecule has 0 aliphatic rings. The number of carbonyl (C=O) groups is 2. The van der Waals surface area contributed by atoms with Crippen LogP contribution in [0.25, 0.3) is 0 Å². The van der Waals surface area contributed by atoms with Gasteiger partial charge in [-0.15, -0.1) is 0 Å². The first-order valence-corrected chi connectivity index (χ1v) is 11.0. The van der Waals surface area contributed by atoms with Crippen LogP contribution in [-0.2, 0) is 17.8 Å². The first kappa shape index (κ1) is 26.5. The summed E-state index contributed by atoms with van der Waals surface area (Å²) in [6, 6.07) is 18.3. The van der Waals surface area contributed by atoms with Crippen LogP contribution in [0.3, 0.4) is 0 Å². The van der Waals surface area contributed by atoms with Crippen molar-refractivity contribution in [3.05, 3.63) is 71.8 Å². The number of likely N-dealkylation sites (N-methyl/N-ethyl adjacent to an activating group) is 1. The zero-order valence-electron chi connectivity index (χ0n) is 19.6. The second-order valence-corrected chi connectivity index (χ2v) is 9.08. The highest BCUT2D eigenvalue weighted by molar-refractivity contribution is 5.72. The van der Waals surface area contributed by atoms with Crippen molar-refractivity contribution in [2.45, 2.75) is 45.0 Å². The summed E-state index contributed by atoms with van der Waals surface area (Å²) in [6.45, 7) is 4.75. The number of aliphatic hydroxyl groups is 1. The van der Waals surface area contributed by atoms with Crippen molar-refractivity contribution in [3.63, 3.8) is 0 Å². The first-order valence-electron chi connectivity index (χ1n) is 11.0. The molecule has 180 valence electrons. The number of hydrogen-bond acceptors (Lipinski definition) is 6. The van der Waals surface area contributed by atoms with Gasteiger partial charge in [0.25, 0.3) is 0 Å². The summed E-state index contributed by atoms with van der Waals surface area (Å²) in [5.74, 6) is 0. The molecule has 0 aliphatic carbocycles. The zero-order chi connectivity index (χ0) is 24.4. The van der Waals surface area contributed by atoms with Gasteiger partial charge in [-0.2, -0.15) is 0 Å². The predicted molar refractivity (Wildman–Crippen MR) is 128 cm³/mol. The summed E-state index contributed by atoms with van der Waals surface area (Å²) in [4.78, 5) is 24.1. The van der Waals surface area contributed by atoms with E-state index in [1.54, 1.807) is 0 Å². The fraction of sp³-hybridized carbons (Fsp3) is 0.440. The third-order valence-corrected chi connectivity index (χ3v) is 5.84. The predicted octanol–water partition coefficient (Wildman–Crippen LogP) is 2.13. The second kappa shape index (κ2) is 12.5. The zero-order valence-corrected chi connectivity index (χ0v) is 19.6. The third-order valence-electron chi connectivity index (χ3n) is 5.84. The Labute approximate surface area is 196 Å². The Balaban J connectivity index is 2.09. The van der Waals surface area contributed by atoms with Crippen LogP contribution in [0.4, 0.5) is 4.79 Å². The molecule has 0 heterocycles. The van der Waals surface area contributed by atoms with Gasteiger partial charge in [0, 0.05) is 38.1 Å². The molecule has 8 heteroatoms. The quantitative estimate of drug-likeness (QED) is 0.269. The number of aliphatic hydroxyl groups excluding tert-OH is 1. The number of benzene rings is 2. The maximum Gasteiger partial charge on any atom is 0.407 e. The maximum atomic E-state index is 11.7. The molecule has 0 saturated heterocycles. The Morgan fingerprint density at radius 3 is 2.15 bits per heavy atom. The minimum atomic E-state index is -1.16. The van der Waals surface area contributed by atoms with Gasteiger partial charge in [0.2, 0.25) is 0 Å². The minimum Gasteiger partial charge on any atom is -0.465 e. The standard InChI is InChI=1S/C25H36N4O4/c1-25(2,23(17-30)28(3)24(32)33)18-27-29(15-20-12-8-5-9-13-20)16-22(31)21(26)14-19-10-6-4-7-11-19/h4-13,17,21-23,27,31H,14-16,18,26H2,1-3H3,(H,32,33)/t21-,22-,23+/m0/s1. The fourth-order valence-corrected chi connectivity index (χ4v) is 3.71. The highest BCUT2D eigenvalue weighted by atomic mass is 16.4. The molecule has 0 aromatic heterocycles. The van der Waals surface area contributed by atoms with Crippen LogP contribution >= 0.6 is 0 Å². The molecule has 0 fully saturated rings. The van der Waals surface area contributed by atoms with Crippen molar-refractivity contribution in [2.75, 3.05) is 20.1 Å². The molecular weight excluding hydrogens is 420 g/mol. The van der Waals surface area contributed by atoms with Crippen molar-refractivity contribution in [2.24, 2.45) is 11.1 Å². The number of hydrogen-bond donors (Lipinski definition) is 4. The average molecular weight is 457 g/mol.